The van der Waals surface area contributed by atoms with Gasteiger partial charge in [0, 0.05) is 0 Å². The van der Waals surface area contributed by atoms with Crippen molar-refractivity contribution in [2.24, 2.45) is 0 Å². The molecular weight excluding hydrogens is 176 g/mol. The molecule has 1 heterocycles. The van der Waals surface area contributed by atoms with E-state index in [0.29, 0.717) is 0 Å². The first-order valence-electron chi connectivity index (χ1n) is 3.86. The molecule has 0 bridgehead atoms. The Hall–Kier alpha value is -0.880. The van der Waals surface area contributed by atoms with Crippen molar-refractivity contribution in [1.29, 1.82) is 0 Å². The minimum Gasteiger partial charge on any atom is -0.464 e. The number of hydrogen-bond donors (Lipinski definition) is 3. The molecule has 0 amide bonds. The number of rotatable bonds is 5. The number of aliphatic hydroxyl groups excluding tert-OH is 3. The lowest BCUT2D eigenvalue weighted by molar-refractivity contribution is -0.139. The van der Waals surface area contributed by atoms with Crippen LogP contribution < -0.4 is 0 Å². The molecule has 0 saturated heterocycles. The van der Waals surface area contributed by atoms with E-state index in [1.165, 1.54) is 6.26 Å². The Bertz CT molecular complexity index is 220. The first-order valence-corrected chi connectivity index (χ1v) is 3.86. The Balaban J connectivity index is 2.30. The van der Waals surface area contributed by atoms with Crippen LogP contribution >= 0.6 is 0 Å². The summed E-state index contributed by atoms with van der Waals surface area (Å²) >= 11 is 0. The zero-order valence-corrected chi connectivity index (χ0v) is 6.96. The van der Waals surface area contributed by atoms with Gasteiger partial charge in [0.2, 0.25) is 6.29 Å². The lowest BCUT2D eigenvalue weighted by Crippen LogP contribution is -2.20. The van der Waals surface area contributed by atoms with Gasteiger partial charge in [0.15, 0.2) is 5.76 Å². The molecule has 0 saturated carbocycles. The molecule has 13 heavy (non-hydrogen) atoms. The van der Waals surface area contributed by atoms with Crippen molar-refractivity contribution in [3.63, 3.8) is 0 Å². The van der Waals surface area contributed by atoms with E-state index in [1.807, 2.05) is 0 Å². The van der Waals surface area contributed by atoms with Crippen LogP contribution in [0.5, 0.6) is 0 Å². The Labute approximate surface area is 75.2 Å². The molecule has 0 radical (unpaired) electrons. The maximum absolute atomic E-state index is 9.25. The fraction of sp³-hybridized carbons (Fsp3) is 0.500. The third-order valence-corrected chi connectivity index (χ3v) is 1.44. The van der Waals surface area contributed by atoms with Crippen molar-refractivity contribution >= 4 is 0 Å². The molecule has 1 aromatic heterocycles. The quantitative estimate of drug-likeness (QED) is 0.549. The van der Waals surface area contributed by atoms with Crippen LogP contribution in [0.4, 0.5) is 0 Å². The van der Waals surface area contributed by atoms with Crippen LogP contribution in [0.25, 0.3) is 0 Å². The molecule has 74 valence electrons. The summed E-state index contributed by atoms with van der Waals surface area (Å²) in [7, 11) is 0. The van der Waals surface area contributed by atoms with Gasteiger partial charge in [-0.25, -0.2) is 0 Å². The van der Waals surface area contributed by atoms with Gasteiger partial charge in [-0.3, -0.25) is 0 Å². The molecule has 3 N–H and O–H groups in total. The Morgan fingerprint density at radius 3 is 2.77 bits per heavy atom. The summed E-state index contributed by atoms with van der Waals surface area (Å²) in [6.45, 7) is -0.538. The summed E-state index contributed by atoms with van der Waals surface area (Å²) in [6, 6.07) is 3.17. The van der Waals surface area contributed by atoms with Gasteiger partial charge in [0.05, 0.1) is 19.5 Å². The normalized spacial score (nSPS) is 15.6. The van der Waals surface area contributed by atoms with Crippen LogP contribution in [0.1, 0.15) is 12.1 Å². The van der Waals surface area contributed by atoms with E-state index in [9.17, 15) is 5.11 Å². The molecule has 0 spiro atoms. The summed E-state index contributed by atoms with van der Waals surface area (Å²) in [5.74, 6) is 0.269. The lowest BCUT2D eigenvalue weighted by atomic mass is 10.4. The second kappa shape index (κ2) is 4.98. The third-order valence-electron chi connectivity index (χ3n) is 1.44. The molecule has 5 heteroatoms. The smallest absolute Gasteiger partial charge is 0.214 e. The number of hydrogen-bond acceptors (Lipinski definition) is 5. The number of aliphatic hydroxyl groups is 3. The summed E-state index contributed by atoms with van der Waals surface area (Å²) in [5, 5.41) is 26.6. The van der Waals surface area contributed by atoms with E-state index in [1.54, 1.807) is 12.1 Å². The van der Waals surface area contributed by atoms with Crippen LogP contribution in [-0.2, 0) is 4.74 Å². The molecule has 5 nitrogen and oxygen atoms in total. The summed E-state index contributed by atoms with van der Waals surface area (Å²) in [5.41, 5.74) is 0. The van der Waals surface area contributed by atoms with E-state index < -0.39 is 19.0 Å². The first-order chi connectivity index (χ1) is 6.24. The van der Waals surface area contributed by atoms with Gasteiger partial charge in [0.25, 0.3) is 0 Å². The molecule has 0 aliphatic carbocycles. The lowest BCUT2D eigenvalue weighted by Gasteiger charge is -2.11. The SMILES string of the molecule is OCC(O)COC(O)c1ccco1. The topological polar surface area (TPSA) is 83.1 Å². The zero-order valence-electron chi connectivity index (χ0n) is 6.96. The van der Waals surface area contributed by atoms with Gasteiger partial charge in [0.1, 0.15) is 6.10 Å². The molecule has 0 fully saturated rings. The summed E-state index contributed by atoms with van der Waals surface area (Å²) in [6.07, 6.45) is -0.773. The molecule has 0 aliphatic heterocycles. The summed E-state index contributed by atoms with van der Waals surface area (Å²) in [4.78, 5) is 0. The van der Waals surface area contributed by atoms with E-state index >= 15 is 0 Å². The van der Waals surface area contributed by atoms with Crippen molar-refractivity contribution in [3.05, 3.63) is 24.2 Å². The average Bonchev–Trinajstić information content (AvgIpc) is 2.66. The minimum absolute atomic E-state index is 0.141. The standard InChI is InChI=1S/C8H12O5/c9-4-6(10)5-13-8(11)7-2-1-3-12-7/h1-3,6,8-11H,4-5H2. The maximum atomic E-state index is 9.25. The van der Waals surface area contributed by atoms with Crippen LogP contribution in [0.15, 0.2) is 22.8 Å². The van der Waals surface area contributed by atoms with Gasteiger partial charge in [-0.2, -0.15) is 0 Å². The molecule has 1 rings (SSSR count). The second-order valence-electron chi connectivity index (χ2n) is 2.54. The first kappa shape index (κ1) is 10.2. The minimum atomic E-state index is -1.20. The molecule has 0 aromatic carbocycles. The molecule has 0 aliphatic rings. The third kappa shape index (κ3) is 3.16. The van der Waals surface area contributed by atoms with E-state index in [2.05, 4.69) is 0 Å². The van der Waals surface area contributed by atoms with Crippen molar-refractivity contribution in [2.45, 2.75) is 12.4 Å². The highest BCUT2D eigenvalue weighted by atomic mass is 16.6. The van der Waals surface area contributed by atoms with Crippen LogP contribution in [0, 0.1) is 0 Å². The molecule has 2 unspecified atom stereocenters. The fourth-order valence-corrected chi connectivity index (χ4v) is 0.769. The van der Waals surface area contributed by atoms with Crippen molar-refractivity contribution in [1.82, 2.24) is 0 Å². The molecular formula is C8H12O5. The second-order valence-corrected chi connectivity index (χ2v) is 2.54. The maximum Gasteiger partial charge on any atom is 0.214 e. The van der Waals surface area contributed by atoms with E-state index in [4.69, 9.17) is 19.4 Å². The van der Waals surface area contributed by atoms with E-state index in [0.717, 1.165) is 0 Å². The highest BCUT2D eigenvalue weighted by Gasteiger charge is 2.12. The number of furan rings is 1. The van der Waals surface area contributed by atoms with Gasteiger partial charge in [-0.05, 0) is 12.1 Å². The van der Waals surface area contributed by atoms with Gasteiger partial charge >= 0.3 is 0 Å². The summed E-state index contributed by atoms with van der Waals surface area (Å²) < 4.78 is 9.63. The van der Waals surface area contributed by atoms with Gasteiger partial charge in [-0.15, -0.1) is 0 Å². The largest absolute Gasteiger partial charge is 0.464 e. The zero-order chi connectivity index (χ0) is 9.68. The highest BCUT2D eigenvalue weighted by molar-refractivity contribution is 4.98. The van der Waals surface area contributed by atoms with Gasteiger partial charge in [-0.1, -0.05) is 0 Å². The van der Waals surface area contributed by atoms with E-state index in [-0.39, 0.29) is 12.4 Å². The number of ether oxygens (including phenoxy) is 1. The van der Waals surface area contributed by atoms with Crippen LogP contribution in [-0.4, -0.2) is 34.6 Å². The Morgan fingerprint density at radius 1 is 1.46 bits per heavy atom. The van der Waals surface area contributed by atoms with Crippen molar-refractivity contribution < 1.29 is 24.5 Å². The fourth-order valence-electron chi connectivity index (χ4n) is 0.769. The Kier molecular flexibility index (Phi) is 3.91. The predicted molar refractivity (Wildman–Crippen MR) is 42.7 cm³/mol. The molecule has 2 atom stereocenters. The predicted octanol–water partition coefficient (Wildman–Crippen LogP) is -0.360. The van der Waals surface area contributed by atoms with Crippen molar-refractivity contribution in [3.8, 4) is 0 Å². The monoisotopic (exact) mass is 188 g/mol. The molecule has 1 aromatic rings. The van der Waals surface area contributed by atoms with Crippen LogP contribution in [0.2, 0.25) is 0 Å². The van der Waals surface area contributed by atoms with Crippen LogP contribution in [0.3, 0.4) is 0 Å². The van der Waals surface area contributed by atoms with Crippen molar-refractivity contribution in [2.75, 3.05) is 13.2 Å². The average molecular weight is 188 g/mol. The Morgan fingerprint density at radius 2 is 2.23 bits per heavy atom. The van der Waals surface area contributed by atoms with Gasteiger partial charge < -0.3 is 24.5 Å². The highest BCUT2D eigenvalue weighted by Crippen LogP contribution is 2.14.